The predicted molar refractivity (Wildman–Crippen MR) is 18.7 cm³/mol. The molecule has 0 saturated heterocycles. The Balaban J connectivity index is 0.000000360. The summed E-state index contributed by atoms with van der Waals surface area (Å²) in [5.74, 6) is 0. The predicted octanol–water partition coefficient (Wildman–Crippen LogP) is -0.331. The topological polar surface area (TPSA) is 38.7 Å². The SMILES string of the molecule is [Ag+].[c-]1ncncn1. The zero-order chi connectivity index (χ0) is 4.24. The Kier molecular flexibility index (Phi) is 3.78. The van der Waals surface area contributed by atoms with Crippen molar-refractivity contribution >= 4 is 0 Å². The van der Waals surface area contributed by atoms with Crippen molar-refractivity contribution in [2.45, 2.75) is 0 Å². The molecule has 0 spiro atoms. The van der Waals surface area contributed by atoms with Crippen LogP contribution in [0.25, 0.3) is 0 Å². The van der Waals surface area contributed by atoms with Crippen LogP contribution in [0.1, 0.15) is 0 Å². The number of rotatable bonds is 0. The summed E-state index contributed by atoms with van der Waals surface area (Å²) in [7, 11) is 0. The Labute approximate surface area is 56.7 Å². The van der Waals surface area contributed by atoms with E-state index in [0.717, 1.165) is 0 Å². The molecule has 1 aromatic rings. The molecule has 1 heterocycles. The molecule has 1 aromatic heterocycles. The van der Waals surface area contributed by atoms with Crippen LogP contribution in [0.4, 0.5) is 0 Å². The van der Waals surface area contributed by atoms with Gasteiger partial charge in [-0.25, -0.2) is 0 Å². The van der Waals surface area contributed by atoms with Gasteiger partial charge in [-0.05, 0) is 0 Å². The van der Waals surface area contributed by atoms with Crippen LogP contribution in [0.15, 0.2) is 12.7 Å². The largest absolute Gasteiger partial charge is 1.00 e. The molecule has 0 aliphatic heterocycles. The van der Waals surface area contributed by atoms with Crippen LogP contribution >= 0.6 is 0 Å². The molecule has 0 radical (unpaired) electrons. The fourth-order valence-corrected chi connectivity index (χ4v) is 0.181. The minimum absolute atomic E-state index is 0. The second-order valence-corrected chi connectivity index (χ2v) is 0.738. The molecular formula is C3H2AgN3. The van der Waals surface area contributed by atoms with Crippen LogP contribution < -0.4 is 0 Å². The molecule has 0 saturated carbocycles. The van der Waals surface area contributed by atoms with Crippen LogP contribution in [0.2, 0.25) is 0 Å². The maximum atomic E-state index is 3.53. The van der Waals surface area contributed by atoms with Crippen LogP contribution in [0.3, 0.4) is 0 Å². The van der Waals surface area contributed by atoms with Gasteiger partial charge in [-0.1, -0.05) is 0 Å². The number of aromatic nitrogens is 3. The van der Waals surface area contributed by atoms with Gasteiger partial charge in [0.15, 0.2) is 0 Å². The van der Waals surface area contributed by atoms with E-state index in [9.17, 15) is 0 Å². The van der Waals surface area contributed by atoms with Crippen molar-refractivity contribution in [2.24, 2.45) is 0 Å². The minimum Gasteiger partial charge on any atom is -0.355 e. The summed E-state index contributed by atoms with van der Waals surface area (Å²) in [4.78, 5) is 10.4. The van der Waals surface area contributed by atoms with Gasteiger partial charge < -0.3 is 15.0 Å². The van der Waals surface area contributed by atoms with Crippen LogP contribution in [-0.2, 0) is 22.4 Å². The zero-order valence-electron chi connectivity index (χ0n) is 3.30. The van der Waals surface area contributed by atoms with E-state index in [-0.39, 0.29) is 22.4 Å². The fraction of sp³-hybridized carbons (Fsp3) is 0. The van der Waals surface area contributed by atoms with E-state index in [0.29, 0.717) is 0 Å². The van der Waals surface area contributed by atoms with Gasteiger partial charge in [-0.2, -0.15) is 0 Å². The molecule has 0 bridgehead atoms. The third kappa shape index (κ3) is 2.45. The summed E-state index contributed by atoms with van der Waals surface area (Å²) in [5, 5.41) is 0. The maximum Gasteiger partial charge on any atom is 1.00 e. The molecule has 0 atom stereocenters. The van der Waals surface area contributed by atoms with E-state index in [1.165, 1.54) is 12.7 Å². The minimum atomic E-state index is 0. The Morgan fingerprint density at radius 3 is 1.86 bits per heavy atom. The molecule has 3 nitrogen and oxygen atoms in total. The van der Waals surface area contributed by atoms with E-state index < -0.39 is 0 Å². The van der Waals surface area contributed by atoms with Crippen molar-refractivity contribution in [3.63, 3.8) is 0 Å². The molecule has 0 aliphatic rings. The van der Waals surface area contributed by atoms with Crippen molar-refractivity contribution in [3.8, 4) is 0 Å². The summed E-state index contributed by atoms with van der Waals surface area (Å²) >= 11 is 0. The van der Waals surface area contributed by atoms with Gasteiger partial charge in [0.1, 0.15) is 0 Å². The molecule has 0 unspecified atom stereocenters. The summed E-state index contributed by atoms with van der Waals surface area (Å²) < 4.78 is 0. The van der Waals surface area contributed by atoms with E-state index in [1.54, 1.807) is 0 Å². The maximum absolute atomic E-state index is 3.53. The van der Waals surface area contributed by atoms with E-state index in [2.05, 4.69) is 21.3 Å². The Morgan fingerprint density at radius 1 is 1.14 bits per heavy atom. The molecule has 0 fully saturated rings. The van der Waals surface area contributed by atoms with Gasteiger partial charge in [0.25, 0.3) is 0 Å². The molecule has 0 aliphatic carbocycles. The van der Waals surface area contributed by atoms with Gasteiger partial charge in [-0.3, -0.25) is 0 Å². The number of hydrogen-bond acceptors (Lipinski definition) is 3. The number of hydrogen-bond donors (Lipinski definition) is 0. The molecule has 0 N–H and O–H groups in total. The summed E-state index contributed by atoms with van der Waals surface area (Å²) in [6, 6.07) is 0. The summed E-state index contributed by atoms with van der Waals surface area (Å²) in [5.41, 5.74) is 0. The van der Waals surface area contributed by atoms with Crippen molar-refractivity contribution < 1.29 is 22.4 Å². The molecule has 4 heteroatoms. The summed E-state index contributed by atoms with van der Waals surface area (Å²) in [6.45, 7) is 0. The second-order valence-electron chi connectivity index (χ2n) is 0.738. The molecule has 7 heavy (non-hydrogen) atoms. The Bertz CT molecular complexity index is 82.1. The van der Waals surface area contributed by atoms with Crippen molar-refractivity contribution in [1.82, 2.24) is 15.0 Å². The quantitative estimate of drug-likeness (QED) is 0.413. The van der Waals surface area contributed by atoms with Gasteiger partial charge in [0.2, 0.25) is 0 Å². The first-order chi connectivity index (χ1) is 3.00. The third-order valence-electron chi connectivity index (χ3n) is 0.364. The van der Waals surface area contributed by atoms with Gasteiger partial charge in [-0.15, -0.1) is 0 Å². The van der Waals surface area contributed by atoms with Gasteiger partial charge in [0, 0.05) is 19.0 Å². The second kappa shape index (κ2) is 3.92. The molecule has 0 aromatic carbocycles. The van der Waals surface area contributed by atoms with E-state index in [4.69, 9.17) is 0 Å². The van der Waals surface area contributed by atoms with Gasteiger partial charge >= 0.3 is 22.4 Å². The smallest absolute Gasteiger partial charge is 0.355 e. The fourth-order valence-electron chi connectivity index (χ4n) is 0.181. The van der Waals surface area contributed by atoms with Gasteiger partial charge in [0.05, 0.1) is 0 Å². The monoisotopic (exact) mass is 187 g/mol. The zero-order valence-corrected chi connectivity index (χ0v) is 4.78. The first-order valence-corrected chi connectivity index (χ1v) is 1.48. The molecular weight excluding hydrogens is 186 g/mol. The van der Waals surface area contributed by atoms with E-state index in [1.807, 2.05) is 0 Å². The normalized spacial score (nSPS) is 6.86. The standard InChI is InChI=1S/C3H2N3.Ag/c1-4-2-6-3-5-1;/h1-2H;/q-1;+1. The van der Waals surface area contributed by atoms with Crippen LogP contribution in [0.5, 0.6) is 0 Å². The first kappa shape index (κ1) is 6.75. The number of nitrogens with zero attached hydrogens (tertiary/aromatic N) is 3. The van der Waals surface area contributed by atoms with Crippen molar-refractivity contribution in [1.29, 1.82) is 0 Å². The molecule has 0 amide bonds. The van der Waals surface area contributed by atoms with E-state index >= 15 is 0 Å². The first-order valence-electron chi connectivity index (χ1n) is 1.48. The average molecular weight is 188 g/mol. The average Bonchev–Trinajstić information content (AvgIpc) is 1.72. The summed E-state index contributed by atoms with van der Waals surface area (Å²) in [6.07, 6.45) is 5.09. The van der Waals surface area contributed by atoms with Crippen LogP contribution in [-0.4, -0.2) is 15.0 Å². The molecule has 40 valence electrons. The van der Waals surface area contributed by atoms with Crippen LogP contribution in [0, 0.1) is 6.33 Å². The van der Waals surface area contributed by atoms with Crippen molar-refractivity contribution in [2.75, 3.05) is 0 Å². The Morgan fingerprint density at radius 2 is 1.71 bits per heavy atom. The Hall–Kier alpha value is -0.250. The third-order valence-corrected chi connectivity index (χ3v) is 0.364. The van der Waals surface area contributed by atoms with Crippen molar-refractivity contribution in [3.05, 3.63) is 19.0 Å². The molecule has 1 rings (SSSR count).